The number of allylic oxidation sites excluding steroid dienone is 4. The number of phenolic OH excluding ortho intramolecular Hbond substituents is 1. The van der Waals surface area contributed by atoms with Crippen LogP contribution in [0.2, 0.25) is 0 Å². The summed E-state index contributed by atoms with van der Waals surface area (Å²) in [6.07, 6.45) is 0.160. The number of carboxylic acids is 1. The Bertz CT molecular complexity index is 1170. The summed E-state index contributed by atoms with van der Waals surface area (Å²) in [5, 5.41) is 18.7. The van der Waals surface area contributed by atoms with Gasteiger partial charge in [0.15, 0.2) is 11.6 Å². The number of ether oxygens (including phenoxy) is 1. The second kappa shape index (κ2) is 12.2. The van der Waals surface area contributed by atoms with E-state index in [0.717, 1.165) is 16.7 Å². The number of carbonyl (C=O) groups is 4. The molecule has 0 bridgehead atoms. The molecular formula is C26H31Br3O7. The fourth-order valence-corrected chi connectivity index (χ4v) is 5.08. The number of carboxylic acid groups (broad SMARTS) is 1. The number of benzene rings is 1. The Balaban J connectivity index is 0.000000338. The minimum absolute atomic E-state index is 0.191. The van der Waals surface area contributed by atoms with Crippen LogP contribution in [0.15, 0.2) is 27.3 Å². The molecule has 0 saturated heterocycles. The van der Waals surface area contributed by atoms with Gasteiger partial charge in [-0.05, 0) is 60.8 Å². The summed E-state index contributed by atoms with van der Waals surface area (Å²) in [5.74, 6) is -0.817. The van der Waals surface area contributed by atoms with Crippen molar-refractivity contribution in [3.63, 3.8) is 0 Å². The zero-order valence-corrected chi connectivity index (χ0v) is 26.3. The molecule has 0 aromatic heterocycles. The molecule has 1 aromatic carbocycles. The largest absolute Gasteiger partial charge is 0.508 e. The van der Waals surface area contributed by atoms with Crippen LogP contribution in [-0.2, 0) is 24.6 Å². The van der Waals surface area contributed by atoms with E-state index >= 15 is 0 Å². The van der Waals surface area contributed by atoms with Gasteiger partial charge in [-0.15, -0.1) is 0 Å². The first-order valence-electron chi connectivity index (χ1n) is 11.0. The van der Waals surface area contributed by atoms with E-state index in [-0.39, 0.29) is 39.6 Å². The van der Waals surface area contributed by atoms with Crippen molar-refractivity contribution in [3.8, 4) is 11.5 Å². The monoisotopic (exact) mass is 692 g/mol. The van der Waals surface area contributed by atoms with Crippen molar-refractivity contribution in [2.75, 3.05) is 0 Å². The third kappa shape index (κ3) is 6.75. The molecule has 0 radical (unpaired) electrons. The molecule has 1 aliphatic heterocycles. The van der Waals surface area contributed by atoms with Crippen molar-refractivity contribution in [1.29, 1.82) is 0 Å². The van der Waals surface area contributed by atoms with Gasteiger partial charge in [0.2, 0.25) is 0 Å². The van der Waals surface area contributed by atoms with Gasteiger partial charge in [-0.25, -0.2) is 0 Å². The van der Waals surface area contributed by atoms with Gasteiger partial charge in [0.1, 0.15) is 11.5 Å². The molecular weight excluding hydrogens is 664 g/mol. The van der Waals surface area contributed by atoms with Gasteiger partial charge >= 0.3 is 11.9 Å². The Morgan fingerprint density at radius 3 is 2.08 bits per heavy atom. The molecule has 2 N–H and O–H groups in total. The summed E-state index contributed by atoms with van der Waals surface area (Å²) >= 11 is 8.60. The maximum absolute atomic E-state index is 12.2. The molecule has 0 saturated carbocycles. The fraction of sp³-hybridized carbons (Fsp3) is 0.462. The van der Waals surface area contributed by atoms with Crippen molar-refractivity contribution in [2.24, 2.45) is 5.41 Å². The number of Topliss-reactive ketones (excluding diaryl/α,β-unsaturated/α-hetero) is 2. The topological polar surface area (TPSA) is 118 Å². The average molecular weight is 695 g/mol. The third-order valence-corrected chi connectivity index (χ3v) is 7.21. The molecule has 0 unspecified atom stereocenters. The normalized spacial score (nSPS) is 16.9. The lowest BCUT2D eigenvalue weighted by Crippen LogP contribution is -2.32. The predicted molar refractivity (Wildman–Crippen MR) is 149 cm³/mol. The van der Waals surface area contributed by atoms with E-state index in [4.69, 9.17) is 9.84 Å². The highest BCUT2D eigenvalue weighted by Crippen LogP contribution is 2.45. The number of phenols is 1. The van der Waals surface area contributed by atoms with E-state index in [1.165, 1.54) is 0 Å². The van der Waals surface area contributed by atoms with Crippen LogP contribution in [0.3, 0.4) is 0 Å². The second-order valence-corrected chi connectivity index (χ2v) is 10.9. The zero-order chi connectivity index (χ0) is 28.3. The molecule has 2 aliphatic rings. The molecule has 0 spiro atoms. The first kappa shape index (κ1) is 32.2. The van der Waals surface area contributed by atoms with Gasteiger partial charge in [-0.1, -0.05) is 27.7 Å². The van der Waals surface area contributed by atoms with Crippen LogP contribution in [0.4, 0.5) is 0 Å². The van der Waals surface area contributed by atoms with Crippen LogP contribution < -0.4 is 4.74 Å². The first-order chi connectivity index (χ1) is 16.4. The van der Waals surface area contributed by atoms with E-state index in [1.807, 2.05) is 27.7 Å². The van der Waals surface area contributed by atoms with Crippen molar-refractivity contribution in [1.82, 2.24) is 0 Å². The molecule has 0 atom stereocenters. The number of hydrogen-bond donors (Lipinski definition) is 2. The number of carbonyl (C=O) groups excluding carboxylic acids is 3. The lowest BCUT2D eigenvalue weighted by atomic mass is 9.73. The van der Waals surface area contributed by atoms with Crippen LogP contribution in [0, 0.1) is 19.3 Å². The molecule has 36 heavy (non-hydrogen) atoms. The highest BCUT2D eigenvalue weighted by atomic mass is 80.9. The quantitative estimate of drug-likeness (QED) is 0.201. The van der Waals surface area contributed by atoms with Crippen LogP contribution >= 0.6 is 44.2 Å². The smallest absolute Gasteiger partial charge is 0.312 e. The number of hydrogen-bond acceptors (Lipinski definition) is 6. The van der Waals surface area contributed by atoms with E-state index in [9.17, 15) is 24.3 Å². The molecule has 0 fully saturated rings. The number of fused-ring (bicyclic) bond motifs is 1. The zero-order valence-electron chi connectivity index (χ0n) is 21.6. The molecule has 3 rings (SSSR count). The Morgan fingerprint density at radius 1 is 1.06 bits per heavy atom. The van der Waals surface area contributed by atoms with Gasteiger partial charge in [0.05, 0.1) is 17.3 Å². The molecule has 10 heteroatoms. The number of rotatable bonds is 3. The number of aryl methyl sites for hydroxylation is 1. The van der Waals surface area contributed by atoms with Crippen LogP contribution in [-0.4, -0.2) is 33.7 Å². The molecule has 1 aliphatic carbocycles. The molecule has 1 aromatic rings. The minimum atomic E-state index is -0.994. The van der Waals surface area contributed by atoms with E-state index in [1.54, 1.807) is 33.8 Å². The number of esters is 1. The Labute approximate surface area is 235 Å². The number of ketones is 2. The number of aromatic hydroxyl groups is 1. The SMILES string of the molecule is BrBr.CC1=C(Br)C(=O)C(C)=C(C(C)(C)CC(=O)O)C1=O.Cc1cc(O)c(C)c2c1OC(=O)CC2(C)C. The van der Waals surface area contributed by atoms with Gasteiger partial charge < -0.3 is 14.9 Å². The molecule has 0 amide bonds. The van der Waals surface area contributed by atoms with Gasteiger partial charge in [-0.2, -0.15) is 0 Å². The van der Waals surface area contributed by atoms with Crippen molar-refractivity contribution >= 4 is 67.7 Å². The third-order valence-electron chi connectivity index (χ3n) is 6.26. The lowest BCUT2D eigenvalue weighted by molar-refractivity contribution is -0.139. The predicted octanol–water partition coefficient (Wildman–Crippen LogP) is 6.91. The van der Waals surface area contributed by atoms with E-state index in [0.29, 0.717) is 28.9 Å². The van der Waals surface area contributed by atoms with Crippen molar-refractivity contribution in [2.45, 2.75) is 73.6 Å². The number of aliphatic carboxylic acids is 1. The Kier molecular flexibility index (Phi) is 10.9. The Hall–Kier alpha value is -1.78. The van der Waals surface area contributed by atoms with Gasteiger partial charge in [0.25, 0.3) is 0 Å². The average Bonchev–Trinajstić information content (AvgIpc) is 2.74. The highest BCUT2D eigenvalue weighted by molar-refractivity contribution is 9.93. The van der Waals surface area contributed by atoms with Crippen LogP contribution in [0.5, 0.6) is 11.5 Å². The summed E-state index contributed by atoms with van der Waals surface area (Å²) in [6.45, 7) is 14.1. The molecule has 7 nitrogen and oxygen atoms in total. The van der Waals surface area contributed by atoms with Crippen LogP contribution in [0.1, 0.15) is 71.1 Å². The summed E-state index contributed by atoms with van der Waals surface area (Å²) in [4.78, 5) is 46.6. The minimum Gasteiger partial charge on any atom is -0.508 e. The van der Waals surface area contributed by atoms with Crippen molar-refractivity contribution in [3.05, 3.63) is 44.0 Å². The van der Waals surface area contributed by atoms with Crippen molar-refractivity contribution < 1.29 is 34.1 Å². The lowest BCUT2D eigenvalue weighted by Gasteiger charge is -2.33. The molecule has 198 valence electrons. The Morgan fingerprint density at radius 2 is 1.58 bits per heavy atom. The maximum Gasteiger partial charge on any atom is 0.312 e. The van der Waals surface area contributed by atoms with E-state index in [2.05, 4.69) is 44.2 Å². The first-order valence-corrected chi connectivity index (χ1v) is 15.5. The van der Waals surface area contributed by atoms with Gasteiger partial charge in [-0.3, -0.25) is 19.2 Å². The maximum atomic E-state index is 12.2. The van der Waals surface area contributed by atoms with E-state index < -0.39 is 11.4 Å². The summed E-state index contributed by atoms with van der Waals surface area (Å²) < 4.78 is 5.55. The number of halogens is 3. The molecule has 1 heterocycles. The summed E-state index contributed by atoms with van der Waals surface area (Å²) in [5.41, 5.74) is 2.37. The standard InChI is InChI=1S/C13H15BrO4.C13H16O3.Br2/c1-6-9(13(3,4)5-8(15)16)11(17)7(2)10(14)12(6)18;1-7-5-9(14)8(2)11-12(7)16-10(15)6-13(11,3)4;1-2/h5H2,1-4H3,(H,15,16);5,14H,6H2,1-4H3;. The highest BCUT2D eigenvalue weighted by Gasteiger charge is 2.39. The second-order valence-electron chi connectivity index (χ2n) is 10.1. The summed E-state index contributed by atoms with van der Waals surface area (Å²) in [7, 11) is 0. The fourth-order valence-electron chi connectivity index (χ4n) is 4.61. The van der Waals surface area contributed by atoms with Crippen LogP contribution in [0.25, 0.3) is 0 Å². The van der Waals surface area contributed by atoms with Gasteiger partial charge in [0, 0.05) is 61.4 Å². The summed E-state index contributed by atoms with van der Waals surface area (Å²) in [6, 6.07) is 1.64.